The topological polar surface area (TPSA) is 177 Å². The molecule has 0 saturated heterocycles. The Morgan fingerprint density at radius 1 is 0.844 bits per heavy atom. The van der Waals surface area contributed by atoms with Gasteiger partial charge in [0, 0.05) is 42.6 Å². The maximum absolute atomic E-state index is 13.1. The lowest BCUT2D eigenvalue weighted by Crippen LogP contribution is -2.66. The zero-order valence-corrected chi connectivity index (χ0v) is 27.4. The highest BCUT2D eigenvalue weighted by atomic mass is 32.1. The summed E-state index contributed by atoms with van der Waals surface area (Å²) in [6.45, 7) is 11.9. The molecule has 242 valence electrons. The third-order valence-electron chi connectivity index (χ3n) is 6.64. The number of amides is 4. The molecule has 3 rings (SSSR count). The number of carboxylic acid groups (broad SMARTS) is 2. The van der Waals surface area contributed by atoms with Crippen LogP contribution in [0.15, 0.2) is 48.8 Å². The van der Waals surface area contributed by atoms with Crippen LogP contribution in [0.1, 0.15) is 75.0 Å². The number of aryl methyl sites for hydroxylation is 2. The minimum atomic E-state index is -1.27. The van der Waals surface area contributed by atoms with Crippen molar-refractivity contribution in [2.75, 3.05) is 10.6 Å². The van der Waals surface area contributed by atoms with Crippen molar-refractivity contribution in [1.29, 1.82) is 0 Å². The standard InChI is InChI=1S/C31H41N7O6S/c1-19(39)34-26-36-23(24(45-26)25(40)33-18-21-14-16-32-17-15-21)13-10-20-8-11-22(12-9-20)35-27(37(28(41)42)30(2,3)4)38(29(43)44)31(5,6)7/h8-9,11-12,14-17,27,35H,10,13,18H2,1-7H3,(H,33,40)(H,41,42)(H,43,44)(H,34,36,39). The summed E-state index contributed by atoms with van der Waals surface area (Å²) < 4.78 is 0. The molecule has 2 heterocycles. The van der Waals surface area contributed by atoms with Gasteiger partial charge >= 0.3 is 12.2 Å². The minimum absolute atomic E-state index is 0.290. The van der Waals surface area contributed by atoms with Gasteiger partial charge in [0.1, 0.15) is 4.88 Å². The Labute approximate surface area is 266 Å². The normalized spacial score (nSPS) is 11.6. The van der Waals surface area contributed by atoms with Crippen LogP contribution in [0.2, 0.25) is 0 Å². The summed E-state index contributed by atoms with van der Waals surface area (Å²) >= 11 is 1.11. The highest BCUT2D eigenvalue weighted by Crippen LogP contribution is 2.28. The van der Waals surface area contributed by atoms with Gasteiger partial charge in [-0.25, -0.2) is 14.6 Å². The van der Waals surface area contributed by atoms with Crippen LogP contribution in [0.3, 0.4) is 0 Å². The van der Waals surface area contributed by atoms with Gasteiger partial charge in [0.2, 0.25) is 5.91 Å². The van der Waals surface area contributed by atoms with E-state index < -0.39 is 29.6 Å². The number of nitrogens with one attached hydrogen (secondary N) is 3. The van der Waals surface area contributed by atoms with E-state index in [2.05, 4.69) is 25.9 Å². The van der Waals surface area contributed by atoms with Gasteiger partial charge in [-0.05, 0) is 89.8 Å². The summed E-state index contributed by atoms with van der Waals surface area (Å²) in [6, 6.07) is 10.8. The predicted octanol–water partition coefficient (Wildman–Crippen LogP) is 5.46. The summed E-state index contributed by atoms with van der Waals surface area (Å²) in [5.74, 6) is -0.591. The summed E-state index contributed by atoms with van der Waals surface area (Å²) in [7, 11) is 0. The van der Waals surface area contributed by atoms with Crippen molar-refractivity contribution in [3.05, 3.63) is 70.5 Å². The quantitative estimate of drug-likeness (QED) is 0.170. The first-order valence-electron chi connectivity index (χ1n) is 14.3. The first-order chi connectivity index (χ1) is 21.0. The number of benzene rings is 1. The highest BCUT2D eigenvalue weighted by Gasteiger charge is 2.43. The zero-order chi connectivity index (χ0) is 33.5. The van der Waals surface area contributed by atoms with E-state index in [0.717, 1.165) is 32.3 Å². The molecule has 0 bridgehead atoms. The molecular weight excluding hydrogens is 598 g/mol. The maximum Gasteiger partial charge on any atom is 0.410 e. The lowest BCUT2D eigenvalue weighted by molar-refractivity contribution is -0.114. The number of carbonyl (C=O) groups excluding carboxylic acids is 2. The van der Waals surface area contributed by atoms with Gasteiger partial charge in [-0.15, -0.1) is 0 Å². The van der Waals surface area contributed by atoms with E-state index in [9.17, 15) is 29.4 Å². The van der Waals surface area contributed by atoms with Gasteiger partial charge in [0.25, 0.3) is 5.91 Å². The minimum Gasteiger partial charge on any atom is -0.465 e. The smallest absolute Gasteiger partial charge is 0.410 e. The number of thiazole rings is 1. The largest absolute Gasteiger partial charge is 0.465 e. The van der Waals surface area contributed by atoms with Crippen molar-refractivity contribution in [2.24, 2.45) is 0 Å². The maximum atomic E-state index is 13.1. The summed E-state index contributed by atoms with van der Waals surface area (Å²) in [6.07, 6.45) is 0.469. The van der Waals surface area contributed by atoms with E-state index in [1.807, 2.05) is 24.3 Å². The first-order valence-corrected chi connectivity index (χ1v) is 15.1. The molecule has 0 unspecified atom stereocenters. The number of aromatic nitrogens is 2. The number of rotatable bonds is 11. The fourth-order valence-electron chi connectivity index (χ4n) is 4.61. The third kappa shape index (κ3) is 9.63. The number of hydrogen-bond acceptors (Lipinski definition) is 8. The summed E-state index contributed by atoms with van der Waals surface area (Å²) in [5.41, 5.74) is 1.02. The van der Waals surface area contributed by atoms with Crippen LogP contribution >= 0.6 is 11.3 Å². The fraction of sp³-hybridized carbons (Fsp3) is 0.419. The zero-order valence-electron chi connectivity index (χ0n) is 26.5. The molecule has 13 nitrogen and oxygen atoms in total. The Kier molecular flexibility index (Phi) is 11.1. The molecule has 0 fully saturated rings. The van der Waals surface area contributed by atoms with Crippen LogP contribution in [0, 0.1) is 0 Å². The Morgan fingerprint density at radius 2 is 1.40 bits per heavy atom. The van der Waals surface area contributed by atoms with E-state index >= 15 is 0 Å². The second-order valence-electron chi connectivity index (χ2n) is 12.4. The molecule has 0 radical (unpaired) electrons. The number of anilines is 2. The first kappa shape index (κ1) is 34.8. The van der Waals surface area contributed by atoms with Gasteiger partial charge in [0.15, 0.2) is 11.4 Å². The predicted molar refractivity (Wildman–Crippen MR) is 172 cm³/mol. The molecular formula is C31H41N7O6S. The molecule has 0 saturated carbocycles. The van der Waals surface area contributed by atoms with E-state index in [0.29, 0.717) is 40.8 Å². The molecule has 2 aromatic heterocycles. The molecule has 0 spiro atoms. The van der Waals surface area contributed by atoms with E-state index in [4.69, 9.17) is 0 Å². The molecule has 1 aromatic carbocycles. The third-order valence-corrected chi connectivity index (χ3v) is 7.65. The van der Waals surface area contributed by atoms with Crippen molar-refractivity contribution in [1.82, 2.24) is 25.1 Å². The molecule has 5 N–H and O–H groups in total. The molecule has 45 heavy (non-hydrogen) atoms. The Hall–Kier alpha value is -4.72. The van der Waals surface area contributed by atoms with Gasteiger partial charge in [-0.2, -0.15) is 0 Å². The lowest BCUT2D eigenvalue weighted by atomic mass is 10.0. The van der Waals surface area contributed by atoms with E-state index in [1.54, 1.807) is 66.1 Å². The average Bonchev–Trinajstić information content (AvgIpc) is 3.31. The number of hydrogen-bond donors (Lipinski definition) is 5. The van der Waals surface area contributed by atoms with Crippen LogP contribution in [-0.2, 0) is 24.2 Å². The van der Waals surface area contributed by atoms with Crippen molar-refractivity contribution in [3.63, 3.8) is 0 Å². The molecule has 0 atom stereocenters. The molecule has 4 amide bonds. The fourth-order valence-corrected chi connectivity index (χ4v) is 5.58. The summed E-state index contributed by atoms with van der Waals surface area (Å²) in [5, 5.41) is 29.2. The molecule has 0 aliphatic rings. The van der Waals surface area contributed by atoms with Crippen LogP contribution in [0.25, 0.3) is 0 Å². The van der Waals surface area contributed by atoms with Crippen molar-refractivity contribution in [3.8, 4) is 0 Å². The molecule has 14 heteroatoms. The summed E-state index contributed by atoms with van der Waals surface area (Å²) in [4.78, 5) is 60.5. The van der Waals surface area contributed by atoms with Crippen molar-refractivity contribution in [2.45, 2.75) is 85.2 Å². The Bertz CT molecular complexity index is 1470. The second kappa shape index (κ2) is 14.4. The SMILES string of the molecule is CC(=O)Nc1nc(CCc2ccc(NC(N(C(=O)O)C(C)(C)C)N(C(=O)O)C(C)(C)C)cc2)c(C(=O)NCc2ccncc2)s1. The second-order valence-corrected chi connectivity index (χ2v) is 13.4. The Morgan fingerprint density at radius 3 is 1.89 bits per heavy atom. The van der Waals surface area contributed by atoms with Crippen molar-refractivity contribution < 1.29 is 29.4 Å². The molecule has 3 aromatic rings. The van der Waals surface area contributed by atoms with Crippen LogP contribution in [0.4, 0.5) is 20.4 Å². The number of nitrogens with zero attached hydrogens (tertiary/aromatic N) is 4. The average molecular weight is 640 g/mol. The van der Waals surface area contributed by atoms with Gasteiger partial charge in [0.05, 0.1) is 5.69 Å². The Balaban J connectivity index is 1.81. The van der Waals surface area contributed by atoms with Crippen LogP contribution in [-0.4, -0.2) is 71.3 Å². The number of pyridine rings is 1. The van der Waals surface area contributed by atoms with Gasteiger partial charge in [-0.1, -0.05) is 23.5 Å². The van der Waals surface area contributed by atoms with E-state index in [-0.39, 0.29) is 11.8 Å². The van der Waals surface area contributed by atoms with Crippen LogP contribution in [0.5, 0.6) is 0 Å². The van der Waals surface area contributed by atoms with Gasteiger partial charge < -0.3 is 26.2 Å². The van der Waals surface area contributed by atoms with E-state index in [1.165, 1.54) is 6.92 Å². The lowest BCUT2D eigenvalue weighted by Gasteiger charge is -2.48. The monoisotopic (exact) mass is 639 g/mol. The van der Waals surface area contributed by atoms with Crippen LogP contribution < -0.4 is 16.0 Å². The number of carbonyl (C=O) groups is 4. The van der Waals surface area contributed by atoms with Crippen molar-refractivity contribution >= 4 is 46.2 Å². The highest BCUT2D eigenvalue weighted by molar-refractivity contribution is 7.17. The van der Waals surface area contributed by atoms with Gasteiger partial charge in [-0.3, -0.25) is 24.4 Å². The molecule has 0 aliphatic heterocycles. The molecule has 0 aliphatic carbocycles.